The number of halogens is 2. The van der Waals surface area contributed by atoms with Crippen LogP contribution in [0.15, 0.2) is 42.5 Å². The fourth-order valence-electron chi connectivity index (χ4n) is 1.82. The van der Waals surface area contributed by atoms with Crippen LogP contribution in [0.3, 0.4) is 0 Å². The van der Waals surface area contributed by atoms with Gasteiger partial charge in [0.05, 0.1) is 11.1 Å². The third-order valence-corrected chi connectivity index (χ3v) is 3.12. The van der Waals surface area contributed by atoms with Gasteiger partial charge in [0.25, 0.3) is 0 Å². The minimum Gasteiger partial charge on any atom is -0.320 e. The van der Waals surface area contributed by atoms with Crippen molar-refractivity contribution < 1.29 is 4.39 Å². The Bertz CT molecular complexity index is 539. The average molecular weight is 250 g/mol. The van der Waals surface area contributed by atoms with Crippen molar-refractivity contribution in [2.24, 2.45) is 5.73 Å². The number of aryl methyl sites for hydroxylation is 1. The van der Waals surface area contributed by atoms with Crippen LogP contribution in [-0.2, 0) is 0 Å². The monoisotopic (exact) mass is 249 g/mol. The maximum Gasteiger partial charge on any atom is 0.141 e. The van der Waals surface area contributed by atoms with Crippen molar-refractivity contribution >= 4 is 11.6 Å². The van der Waals surface area contributed by atoms with Gasteiger partial charge in [-0.25, -0.2) is 4.39 Å². The summed E-state index contributed by atoms with van der Waals surface area (Å²) in [5, 5.41) is 0.103. The lowest BCUT2D eigenvalue weighted by Gasteiger charge is -2.15. The Morgan fingerprint density at radius 1 is 1.18 bits per heavy atom. The van der Waals surface area contributed by atoms with Gasteiger partial charge in [-0.3, -0.25) is 0 Å². The van der Waals surface area contributed by atoms with Crippen molar-refractivity contribution in [1.82, 2.24) is 0 Å². The molecule has 2 rings (SSSR count). The maximum atomic E-state index is 13.1. The summed E-state index contributed by atoms with van der Waals surface area (Å²) in [4.78, 5) is 0. The SMILES string of the molecule is Cc1ccccc1C(N)c1ccc(F)c(Cl)c1. The van der Waals surface area contributed by atoms with E-state index in [0.29, 0.717) is 0 Å². The molecule has 2 aromatic carbocycles. The Morgan fingerprint density at radius 2 is 1.88 bits per heavy atom. The molecule has 17 heavy (non-hydrogen) atoms. The van der Waals surface area contributed by atoms with Crippen molar-refractivity contribution in [3.8, 4) is 0 Å². The molecule has 0 heterocycles. The van der Waals surface area contributed by atoms with E-state index in [-0.39, 0.29) is 11.1 Å². The molecule has 0 fully saturated rings. The van der Waals surface area contributed by atoms with Crippen molar-refractivity contribution in [2.45, 2.75) is 13.0 Å². The van der Waals surface area contributed by atoms with Crippen LogP contribution in [-0.4, -0.2) is 0 Å². The van der Waals surface area contributed by atoms with E-state index >= 15 is 0 Å². The molecule has 2 N–H and O–H groups in total. The Balaban J connectivity index is 2.40. The van der Waals surface area contributed by atoms with Gasteiger partial charge in [-0.2, -0.15) is 0 Å². The largest absolute Gasteiger partial charge is 0.320 e. The van der Waals surface area contributed by atoms with E-state index < -0.39 is 5.82 Å². The Morgan fingerprint density at radius 3 is 2.53 bits per heavy atom. The molecule has 1 atom stereocenters. The molecule has 0 aliphatic heterocycles. The lowest BCUT2D eigenvalue weighted by Crippen LogP contribution is -2.13. The van der Waals surface area contributed by atoms with Gasteiger partial charge in [-0.1, -0.05) is 41.9 Å². The summed E-state index contributed by atoms with van der Waals surface area (Å²) in [6.07, 6.45) is 0. The van der Waals surface area contributed by atoms with Crippen molar-refractivity contribution in [2.75, 3.05) is 0 Å². The molecule has 0 saturated heterocycles. The molecule has 3 heteroatoms. The Labute approximate surface area is 105 Å². The third kappa shape index (κ3) is 2.48. The zero-order valence-corrected chi connectivity index (χ0v) is 10.2. The zero-order valence-electron chi connectivity index (χ0n) is 9.45. The normalized spacial score (nSPS) is 12.5. The first-order valence-corrected chi connectivity index (χ1v) is 5.73. The number of nitrogens with two attached hydrogens (primary N) is 1. The molecular formula is C14H13ClFN. The number of hydrogen-bond donors (Lipinski definition) is 1. The summed E-state index contributed by atoms with van der Waals surface area (Å²) in [5.74, 6) is -0.424. The quantitative estimate of drug-likeness (QED) is 0.860. The van der Waals surface area contributed by atoms with Gasteiger partial charge in [-0.05, 0) is 35.7 Å². The first-order chi connectivity index (χ1) is 8.09. The highest BCUT2D eigenvalue weighted by atomic mass is 35.5. The van der Waals surface area contributed by atoms with Crippen LogP contribution < -0.4 is 5.73 Å². The van der Waals surface area contributed by atoms with Crippen LogP contribution in [0.4, 0.5) is 4.39 Å². The zero-order chi connectivity index (χ0) is 12.4. The molecule has 1 unspecified atom stereocenters. The second-order valence-corrected chi connectivity index (χ2v) is 4.42. The van der Waals surface area contributed by atoms with E-state index in [1.807, 2.05) is 31.2 Å². The fourth-order valence-corrected chi connectivity index (χ4v) is 2.01. The first kappa shape index (κ1) is 12.1. The smallest absolute Gasteiger partial charge is 0.141 e. The van der Waals surface area contributed by atoms with E-state index in [0.717, 1.165) is 16.7 Å². The highest BCUT2D eigenvalue weighted by molar-refractivity contribution is 6.30. The summed E-state index contributed by atoms with van der Waals surface area (Å²) in [6, 6.07) is 12.2. The second kappa shape index (κ2) is 4.86. The third-order valence-electron chi connectivity index (χ3n) is 2.83. The molecule has 0 spiro atoms. The van der Waals surface area contributed by atoms with Crippen LogP contribution in [0.2, 0.25) is 5.02 Å². The summed E-state index contributed by atoms with van der Waals surface area (Å²) in [5.41, 5.74) is 9.10. The lowest BCUT2D eigenvalue weighted by molar-refractivity contribution is 0.627. The Hall–Kier alpha value is -1.38. The highest BCUT2D eigenvalue weighted by Crippen LogP contribution is 2.25. The van der Waals surface area contributed by atoms with E-state index in [1.54, 1.807) is 12.1 Å². The van der Waals surface area contributed by atoms with Gasteiger partial charge >= 0.3 is 0 Å². The number of hydrogen-bond acceptors (Lipinski definition) is 1. The van der Waals surface area contributed by atoms with Gasteiger partial charge in [0.15, 0.2) is 0 Å². The fraction of sp³-hybridized carbons (Fsp3) is 0.143. The molecule has 88 valence electrons. The van der Waals surface area contributed by atoms with Crippen LogP contribution >= 0.6 is 11.6 Å². The minimum absolute atomic E-state index is 0.103. The van der Waals surface area contributed by atoms with Crippen LogP contribution in [0.5, 0.6) is 0 Å². The average Bonchev–Trinajstić information content (AvgIpc) is 2.32. The molecule has 0 aliphatic rings. The van der Waals surface area contributed by atoms with Crippen LogP contribution in [0.25, 0.3) is 0 Å². The van der Waals surface area contributed by atoms with Crippen molar-refractivity contribution in [3.05, 3.63) is 70.0 Å². The predicted molar refractivity (Wildman–Crippen MR) is 68.6 cm³/mol. The molecule has 2 aromatic rings. The standard InChI is InChI=1S/C14H13ClFN/c1-9-4-2-3-5-11(9)14(17)10-6-7-13(16)12(15)8-10/h2-8,14H,17H2,1H3. The summed E-state index contributed by atoms with van der Waals surface area (Å²) >= 11 is 5.75. The predicted octanol–water partition coefficient (Wildman–Crippen LogP) is 3.84. The molecule has 0 aliphatic carbocycles. The minimum atomic E-state index is -0.424. The first-order valence-electron chi connectivity index (χ1n) is 5.35. The molecular weight excluding hydrogens is 237 g/mol. The summed E-state index contributed by atoms with van der Waals surface area (Å²) in [7, 11) is 0. The van der Waals surface area contributed by atoms with E-state index in [2.05, 4.69) is 0 Å². The second-order valence-electron chi connectivity index (χ2n) is 4.01. The van der Waals surface area contributed by atoms with E-state index in [4.69, 9.17) is 17.3 Å². The van der Waals surface area contributed by atoms with Crippen LogP contribution in [0, 0.1) is 12.7 Å². The Kier molecular flexibility index (Phi) is 3.46. The lowest BCUT2D eigenvalue weighted by atomic mass is 9.96. The van der Waals surface area contributed by atoms with E-state index in [1.165, 1.54) is 6.07 Å². The van der Waals surface area contributed by atoms with Gasteiger partial charge in [0, 0.05) is 0 Å². The van der Waals surface area contributed by atoms with Crippen molar-refractivity contribution in [3.63, 3.8) is 0 Å². The molecule has 0 bridgehead atoms. The molecule has 0 aromatic heterocycles. The van der Waals surface area contributed by atoms with E-state index in [9.17, 15) is 4.39 Å². The van der Waals surface area contributed by atoms with Gasteiger partial charge in [-0.15, -0.1) is 0 Å². The highest BCUT2D eigenvalue weighted by Gasteiger charge is 2.12. The molecule has 0 radical (unpaired) electrons. The maximum absolute atomic E-state index is 13.1. The molecule has 0 amide bonds. The van der Waals surface area contributed by atoms with Gasteiger partial charge < -0.3 is 5.73 Å². The molecule has 1 nitrogen and oxygen atoms in total. The van der Waals surface area contributed by atoms with Gasteiger partial charge in [0.1, 0.15) is 5.82 Å². The van der Waals surface area contributed by atoms with Gasteiger partial charge in [0.2, 0.25) is 0 Å². The van der Waals surface area contributed by atoms with Crippen LogP contribution in [0.1, 0.15) is 22.7 Å². The number of rotatable bonds is 2. The summed E-state index contributed by atoms with van der Waals surface area (Å²) in [6.45, 7) is 2.00. The molecule has 0 saturated carbocycles. The number of benzene rings is 2. The summed E-state index contributed by atoms with van der Waals surface area (Å²) < 4.78 is 13.1. The topological polar surface area (TPSA) is 26.0 Å². The van der Waals surface area contributed by atoms with Crippen molar-refractivity contribution in [1.29, 1.82) is 0 Å².